The molecule has 0 bridgehead atoms. The van der Waals surface area contributed by atoms with E-state index in [4.69, 9.17) is 33.0 Å². The summed E-state index contributed by atoms with van der Waals surface area (Å²) in [6, 6.07) is 5.03. The van der Waals surface area contributed by atoms with Gasteiger partial charge in [-0.25, -0.2) is 0 Å². The highest BCUT2D eigenvalue weighted by molar-refractivity contribution is 6.42. The number of hydrogen-bond acceptors (Lipinski definition) is 3. The third-order valence-corrected chi connectivity index (χ3v) is 3.43. The largest absolute Gasteiger partial charge is 0.493 e. The summed E-state index contributed by atoms with van der Waals surface area (Å²) >= 11 is 11.7. The van der Waals surface area contributed by atoms with E-state index in [1.54, 1.807) is 18.2 Å². The first-order valence-corrected chi connectivity index (χ1v) is 7.26. The molecule has 20 heavy (non-hydrogen) atoms. The van der Waals surface area contributed by atoms with Crippen LogP contribution in [0.5, 0.6) is 5.75 Å². The van der Waals surface area contributed by atoms with Crippen LogP contribution in [0, 0.1) is 0 Å². The maximum Gasteiger partial charge on any atom is 0.223 e. The number of carbonyl (C=O) groups excluding carboxylic acids is 1. The lowest BCUT2D eigenvalue weighted by Crippen LogP contribution is -2.33. The van der Waals surface area contributed by atoms with Crippen LogP contribution in [0.3, 0.4) is 0 Å². The minimum Gasteiger partial charge on any atom is -0.493 e. The van der Waals surface area contributed by atoms with Crippen molar-refractivity contribution >= 4 is 29.1 Å². The van der Waals surface area contributed by atoms with E-state index in [9.17, 15) is 4.79 Å². The van der Waals surface area contributed by atoms with Crippen molar-refractivity contribution < 1.29 is 14.6 Å². The van der Waals surface area contributed by atoms with Gasteiger partial charge in [0.2, 0.25) is 5.91 Å². The molecule has 6 heteroatoms. The molecule has 0 aromatic heterocycles. The van der Waals surface area contributed by atoms with Crippen LogP contribution < -0.4 is 10.1 Å². The highest BCUT2D eigenvalue weighted by atomic mass is 35.5. The second kappa shape index (κ2) is 9.06. The van der Waals surface area contributed by atoms with Gasteiger partial charge in [-0.05, 0) is 31.9 Å². The molecule has 0 aliphatic heterocycles. The molecule has 1 aromatic rings. The van der Waals surface area contributed by atoms with Crippen molar-refractivity contribution in [3.63, 3.8) is 0 Å². The maximum absolute atomic E-state index is 11.6. The fourth-order valence-corrected chi connectivity index (χ4v) is 1.93. The summed E-state index contributed by atoms with van der Waals surface area (Å²) in [4.78, 5) is 11.6. The zero-order valence-electron chi connectivity index (χ0n) is 11.4. The van der Waals surface area contributed by atoms with Crippen molar-refractivity contribution in [1.29, 1.82) is 0 Å². The first-order valence-electron chi connectivity index (χ1n) is 6.51. The van der Waals surface area contributed by atoms with Gasteiger partial charge in [0.15, 0.2) is 0 Å². The molecule has 4 nitrogen and oxygen atoms in total. The normalized spacial score (nSPS) is 12.0. The Morgan fingerprint density at radius 3 is 2.80 bits per heavy atom. The lowest BCUT2D eigenvalue weighted by Gasteiger charge is -2.13. The van der Waals surface area contributed by atoms with Crippen molar-refractivity contribution in [1.82, 2.24) is 5.32 Å². The number of amides is 1. The zero-order chi connectivity index (χ0) is 15.0. The van der Waals surface area contributed by atoms with E-state index in [1.165, 1.54) is 0 Å². The third kappa shape index (κ3) is 6.46. The summed E-state index contributed by atoms with van der Waals surface area (Å²) in [7, 11) is 0. The van der Waals surface area contributed by atoms with Crippen LogP contribution >= 0.6 is 23.2 Å². The quantitative estimate of drug-likeness (QED) is 0.774. The maximum atomic E-state index is 11.6. The Balaban J connectivity index is 2.26. The number of halogens is 2. The van der Waals surface area contributed by atoms with Gasteiger partial charge in [-0.15, -0.1) is 0 Å². The Morgan fingerprint density at radius 1 is 1.40 bits per heavy atom. The minimum atomic E-state index is -0.0736. The number of nitrogens with one attached hydrogen (secondary N) is 1. The molecule has 0 radical (unpaired) electrons. The van der Waals surface area contributed by atoms with Gasteiger partial charge in [-0.2, -0.15) is 0 Å². The topological polar surface area (TPSA) is 58.6 Å². The summed E-state index contributed by atoms with van der Waals surface area (Å²) in [5.41, 5.74) is 0. The van der Waals surface area contributed by atoms with Gasteiger partial charge in [0.25, 0.3) is 0 Å². The van der Waals surface area contributed by atoms with Crippen LogP contribution in [-0.4, -0.2) is 30.3 Å². The summed E-state index contributed by atoms with van der Waals surface area (Å²) < 4.78 is 5.43. The molecule has 0 saturated carbocycles. The molecular weight excluding hydrogens is 301 g/mol. The molecule has 1 aromatic carbocycles. The number of rotatable bonds is 8. The van der Waals surface area contributed by atoms with Gasteiger partial charge in [0.1, 0.15) is 5.75 Å². The first-order chi connectivity index (χ1) is 9.52. The van der Waals surface area contributed by atoms with E-state index >= 15 is 0 Å². The van der Waals surface area contributed by atoms with Crippen LogP contribution in [0.15, 0.2) is 18.2 Å². The van der Waals surface area contributed by atoms with Crippen molar-refractivity contribution in [2.45, 2.75) is 32.2 Å². The van der Waals surface area contributed by atoms with Crippen molar-refractivity contribution in [3.05, 3.63) is 28.2 Å². The van der Waals surface area contributed by atoms with Gasteiger partial charge in [-0.3, -0.25) is 4.79 Å². The lowest BCUT2D eigenvalue weighted by molar-refractivity contribution is -0.122. The molecule has 1 atom stereocenters. The molecule has 0 heterocycles. The summed E-state index contributed by atoms with van der Waals surface area (Å²) in [5.74, 6) is 0.510. The standard InChI is InChI=1S/C14H19Cl2NO3/c1-10(3-2-7-18)17-14(19)6-8-20-11-4-5-12(15)13(16)9-11/h4-5,9-10,18H,2-3,6-8H2,1H3,(H,17,19). The molecule has 1 rings (SSSR count). The Kier molecular flexibility index (Phi) is 7.73. The Hall–Kier alpha value is -0.970. The molecule has 0 fully saturated rings. The number of benzene rings is 1. The summed E-state index contributed by atoms with van der Waals surface area (Å²) in [6.07, 6.45) is 1.71. The predicted molar refractivity (Wildman–Crippen MR) is 80.5 cm³/mol. The number of carbonyl (C=O) groups is 1. The predicted octanol–water partition coefficient (Wildman–Crippen LogP) is 3.04. The Morgan fingerprint density at radius 2 is 2.15 bits per heavy atom. The molecule has 0 saturated heterocycles. The van der Waals surface area contributed by atoms with E-state index in [1.807, 2.05) is 6.92 Å². The van der Waals surface area contributed by atoms with Crippen LogP contribution in [0.25, 0.3) is 0 Å². The van der Waals surface area contributed by atoms with E-state index in [-0.39, 0.29) is 31.6 Å². The fraction of sp³-hybridized carbons (Fsp3) is 0.500. The van der Waals surface area contributed by atoms with E-state index in [0.29, 0.717) is 22.2 Å². The van der Waals surface area contributed by atoms with Gasteiger partial charge < -0.3 is 15.2 Å². The molecule has 0 aliphatic rings. The van der Waals surface area contributed by atoms with Crippen LogP contribution in [-0.2, 0) is 4.79 Å². The monoisotopic (exact) mass is 319 g/mol. The number of ether oxygens (including phenoxy) is 1. The van der Waals surface area contributed by atoms with Gasteiger partial charge in [-0.1, -0.05) is 23.2 Å². The van der Waals surface area contributed by atoms with Crippen LogP contribution in [0.4, 0.5) is 0 Å². The average molecular weight is 320 g/mol. The molecule has 112 valence electrons. The zero-order valence-corrected chi connectivity index (χ0v) is 12.9. The first kappa shape index (κ1) is 17.1. The Bertz CT molecular complexity index is 440. The smallest absolute Gasteiger partial charge is 0.223 e. The average Bonchev–Trinajstić information content (AvgIpc) is 2.40. The van der Waals surface area contributed by atoms with Crippen LogP contribution in [0.2, 0.25) is 10.0 Å². The number of aliphatic hydroxyl groups excluding tert-OH is 1. The molecular formula is C14H19Cl2NO3. The minimum absolute atomic E-state index is 0.0552. The van der Waals surface area contributed by atoms with Crippen molar-refractivity contribution in [3.8, 4) is 5.75 Å². The van der Waals surface area contributed by atoms with Crippen LogP contribution in [0.1, 0.15) is 26.2 Å². The SMILES string of the molecule is CC(CCCO)NC(=O)CCOc1ccc(Cl)c(Cl)c1. The summed E-state index contributed by atoms with van der Waals surface area (Å²) in [6.45, 7) is 2.32. The highest BCUT2D eigenvalue weighted by Crippen LogP contribution is 2.26. The lowest BCUT2D eigenvalue weighted by atomic mass is 10.2. The van der Waals surface area contributed by atoms with Gasteiger partial charge in [0.05, 0.1) is 23.1 Å². The molecule has 1 unspecified atom stereocenters. The van der Waals surface area contributed by atoms with Crippen molar-refractivity contribution in [2.75, 3.05) is 13.2 Å². The van der Waals surface area contributed by atoms with E-state index in [0.717, 1.165) is 6.42 Å². The second-order valence-electron chi connectivity index (χ2n) is 4.51. The molecule has 1 amide bonds. The molecule has 0 spiro atoms. The molecule has 0 aliphatic carbocycles. The summed E-state index contributed by atoms with van der Waals surface area (Å²) in [5, 5.41) is 12.4. The van der Waals surface area contributed by atoms with E-state index < -0.39 is 0 Å². The third-order valence-electron chi connectivity index (χ3n) is 2.69. The second-order valence-corrected chi connectivity index (χ2v) is 5.32. The fourth-order valence-electron chi connectivity index (χ4n) is 1.64. The Labute approximate surface area is 129 Å². The molecule has 2 N–H and O–H groups in total. The number of aliphatic hydroxyl groups is 1. The van der Waals surface area contributed by atoms with Gasteiger partial charge >= 0.3 is 0 Å². The van der Waals surface area contributed by atoms with E-state index in [2.05, 4.69) is 5.32 Å². The van der Waals surface area contributed by atoms with Crippen molar-refractivity contribution in [2.24, 2.45) is 0 Å². The highest BCUT2D eigenvalue weighted by Gasteiger charge is 2.07. The number of hydrogen-bond donors (Lipinski definition) is 2. The van der Waals surface area contributed by atoms with Gasteiger partial charge in [0, 0.05) is 18.7 Å².